The Kier molecular flexibility index (Phi) is 5.35. The zero-order valence-corrected chi connectivity index (χ0v) is 16.5. The molecule has 29 heavy (non-hydrogen) atoms. The Balaban J connectivity index is 1.37. The first-order valence-corrected chi connectivity index (χ1v) is 9.90. The van der Waals surface area contributed by atoms with E-state index in [1.54, 1.807) is 35.6 Å². The molecule has 0 aliphatic heterocycles. The molecule has 0 fully saturated rings. The third-order valence-corrected chi connectivity index (χ3v) is 5.40. The molecule has 6 heteroatoms. The molecule has 0 saturated carbocycles. The fourth-order valence-corrected chi connectivity index (χ4v) is 3.82. The smallest absolute Gasteiger partial charge is 0.262 e. The van der Waals surface area contributed by atoms with Crippen molar-refractivity contribution < 1.29 is 14.3 Å². The second-order valence-corrected chi connectivity index (χ2v) is 7.52. The van der Waals surface area contributed by atoms with Gasteiger partial charge in [0, 0.05) is 16.8 Å². The monoisotopic (exact) mass is 402 g/mol. The van der Waals surface area contributed by atoms with Crippen molar-refractivity contribution in [3.05, 3.63) is 78.4 Å². The maximum atomic E-state index is 12.1. The molecule has 1 N–H and O–H groups in total. The molecule has 0 spiro atoms. The van der Waals surface area contributed by atoms with Crippen molar-refractivity contribution in [1.29, 1.82) is 0 Å². The molecule has 0 unspecified atom stereocenters. The lowest BCUT2D eigenvalue weighted by Gasteiger charge is -2.08. The summed E-state index contributed by atoms with van der Waals surface area (Å²) in [6.45, 7) is 1.37. The van der Waals surface area contributed by atoms with Crippen molar-refractivity contribution >= 4 is 38.9 Å². The molecule has 144 valence electrons. The lowest BCUT2D eigenvalue weighted by Crippen LogP contribution is -2.20. The number of anilines is 1. The highest BCUT2D eigenvalue weighted by Crippen LogP contribution is 2.30. The molecule has 1 aromatic heterocycles. The maximum Gasteiger partial charge on any atom is 0.262 e. The molecule has 0 bridgehead atoms. The van der Waals surface area contributed by atoms with Crippen molar-refractivity contribution in [2.75, 3.05) is 11.9 Å². The number of fused-ring (bicyclic) bond motifs is 1. The molecule has 0 radical (unpaired) electrons. The first-order valence-electron chi connectivity index (χ1n) is 9.08. The Morgan fingerprint density at radius 2 is 1.79 bits per heavy atom. The number of para-hydroxylation sites is 1. The van der Waals surface area contributed by atoms with Gasteiger partial charge in [-0.1, -0.05) is 24.3 Å². The van der Waals surface area contributed by atoms with Crippen molar-refractivity contribution in [3.63, 3.8) is 0 Å². The van der Waals surface area contributed by atoms with Crippen LogP contribution in [0.2, 0.25) is 0 Å². The third kappa shape index (κ3) is 4.50. The van der Waals surface area contributed by atoms with Gasteiger partial charge in [-0.15, -0.1) is 11.3 Å². The number of nitrogens with one attached hydrogen (secondary N) is 1. The van der Waals surface area contributed by atoms with E-state index in [9.17, 15) is 9.59 Å². The van der Waals surface area contributed by atoms with Crippen LogP contribution in [0.4, 0.5) is 5.69 Å². The van der Waals surface area contributed by atoms with Crippen molar-refractivity contribution in [1.82, 2.24) is 4.98 Å². The summed E-state index contributed by atoms with van der Waals surface area (Å²) >= 11 is 1.64. The topological polar surface area (TPSA) is 68.3 Å². The normalized spacial score (nSPS) is 10.7. The summed E-state index contributed by atoms with van der Waals surface area (Å²) in [6.07, 6.45) is 0. The number of carbonyl (C=O) groups is 2. The van der Waals surface area contributed by atoms with Crippen LogP contribution in [-0.2, 0) is 4.79 Å². The maximum absolute atomic E-state index is 12.1. The summed E-state index contributed by atoms with van der Waals surface area (Å²) in [6, 6.07) is 22.4. The number of thiazole rings is 1. The van der Waals surface area contributed by atoms with Gasteiger partial charge in [0.25, 0.3) is 5.91 Å². The number of hydrogen-bond acceptors (Lipinski definition) is 5. The van der Waals surface area contributed by atoms with Crippen LogP contribution in [0.5, 0.6) is 5.75 Å². The molecule has 1 amide bonds. The Morgan fingerprint density at radius 3 is 2.55 bits per heavy atom. The summed E-state index contributed by atoms with van der Waals surface area (Å²) in [5.41, 5.74) is 3.11. The number of aromatic nitrogens is 1. The molecule has 0 saturated heterocycles. The van der Waals surface area contributed by atoms with Crippen molar-refractivity contribution in [2.24, 2.45) is 0 Å². The van der Waals surface area contributed by atoms with Gasteiger partial charge >= 0.3 is 0 Å². The van der Waals surface area contributed by atoms with E-state index in [-0.39, 0.29) is 18.3 Å². The van der Waals surface area contributed by atoms with E-state index in [1.165, 1.54) is 6.92 Å². The van der Waals surface area contributed by atoms with Gasteiger partial charge in [0.15, 0.2) is 12.4 Å². The molecule has 3 aromatic carbocycles. The van der Waals surface area contributed by atoms with Gasteiger partial charge < -0.3 is 10.1 Å². The number of hydrogen-bond donors (Lipinski definition) is 1. The molecule has 4 aromatic rings. The SMILES string of the molecule is CC(=O)c1cccc(NC(=O)COc2ccc(-c3nc4ccccc4s3)cc2)c1. The Morgan fingerprint density at radius 1 is 1.00 bits per heavy atom. The summed E-state index contributed by atoms with van der Waals surface area (Å²) in [5.74, 6) is 0.258. The summed E-state index contributed by atoms with van der Waals surface area (Å²) in [7, 11) is 0. The van der Waals surface area contributed by atoms with Gasteiger partial charge in [-0.05, 0) is 55.5 Å². The van der Waals surface area contributed by atoms with Crippen LogP contribution in [0.25, 0.3) is 20.8 Å². The van der Waals surface area contributed by atoms with E-state index >= 15 is 0 Å². The zero-order chi connectivity index (χ0) is 20.2. The average Bonchev–Trinajstić information content (AvgIpc) is 3.17. The predicted octanol–water partition coefficient (Wildman–Crippen LogP) is 5.18. The van der Waals surface area contributed by atoms with Crippen LogP contribution in [0, 0.1) is 0 Å². The highest BCUT2D eigenvalue weighted by Gasteiger charge is 2.08. The minimum absolute atomic E-state index is 0.0504. The van der Waals surface area contributed by atoms with Crippen LogP contribution >= 0.6 is 11.3 Å². The van der Waals surface area contributed by atoms with Gasteiger partial charge in [0.1, 0.15) is 10.8 Å². The number of Topliss-reactive ketones (excluding diaryl/α,β-unsaturated/α-hetero) is 1. The highest BCUT2D eigenvalue weighted by atomic mass is 32.1. The van der Waals surface area contributed by atoms with Gasteiger partial charge in [-0.2, -0.15) is 0 Å². The van der Waals surface area contributed by atoms with E-state index in [0.29, 0.717) is 17.0 Å². The van der Waals surface area contributed by atoms with E-state index in [4.69, 9.17) is 4.74 Å². The Hall–Kier alpha value is -3.51. The molecule has 0 aliphatic carbocycles. The number of amides is 1. The van der Waals surface area contributed by atoms with E-state index in [2.05, 4.69) is 16.4 Å². The molecule has 0 atom stereocenters. The van der Waals surface area contributed by atoms with Gasteiger partial charge in [-0.3, -0.25) is 9.59 Å². The predicted molar refractivity (Wildman–Crippen MR) is 116 cm³/mol. The molecular formula is C23H18N2O3S. The Bertz CT molecular complexity index is 1150. The van der Waals surface area contributed by atoms with E-state index in [1.807, 2.05) is 42.5 Å². The average molecular weight is 402 g/mol. The first kappa shape index (κ1) is 18.8. The van der Waals surface area contributed by atoms with Crippen LogP contribution in [0.1, 0.15) is 17.3 Å². The summed E-state index contributed by atoms with van der Waals surface area (Å²) in [5, 5.41) is 3.68. The van der Waals surface area contributed by atoms with E-state index in [0.717, 1.165) is 20.8 Å². The standard InChI is InChI=1S/C23H18N2O3S/c1-15(26)17-5-4-6-18(13-17)24-22(27)14-28-19-11-9-16(10-12-19)23-25-20-7-2-3-8-21(20)29-23/h2-13H,14H2,1H3,(H,24,27). The summed E-state index contributed by atoms with van der Waals surface area (Å²) in [4.78, 5) is 28.2. The molecule has 4 rings (SSSR count). The quantitative estimate of drug-likeness (QED) is 0.451. The highest BCUT2D eigenvalue weighted by molar-refractivity contribution is 7.21. The molecule has 1 heterocycles. The number of benzene rings is 3. The number of nitrogens with zero attached hydrogens (tertiary/aromatic N) is 1. The number of ether oxygens (including phenoxy) is 1. The molecular weight excluding hydrogens is 384 g/mol. The minimum atomic E-state index is -0.291. The van der Waals surface area contributed by atoms with Gasteiger partial charge in [0.05, 0.1) is 10.2 Å². The lowest BCUT2D eigenvalue weighted by atomic mass is 10.1. The fraction of sp³-hybridized carbons (Fsp3) is 0.0870. The zero-order valence-electron chi connectivity index (χ0n) is 15.7. The van der Waals surface area contributed by atoms with Crippen molar-refractivity contribution in [3.8, 4) is 16.3 Å². The van der Waals surface area contributed by atoms with Crippen molar-refractivity contribution in [2.45, 2.75) is 6.92 Å². The van der Waals surface area contributed by atoms with Crippen LogP contribution in [-0.4, -0.2) is 23.3 Å². The minimum Gasteiger partial charge on any atom is -0.484 e. The van der Waals surface area contributed by atoms with Gasteiger partial charge in [0.2, 0.25) is 0 Å². The first-order chi connectivity index (χ1) is 14.1. The lowest BCUT2D eigenvalue weighted by molar-refractivity contribution is -0.118. The second kappa shape index (κ2) is 8.24. The van der Waals surface area contributed by atoms with Crippen LogP contribution < -0.4 is 10.1 Å². The number of ketones is 1. The molecule has 0 aliphatic rings. The Labute approximate surface area is 172 Å². The summed E-state index contributed by atoms with van der Waals surface area (Å²) < 4.78 is 6.72. The van der Waals surface area contributed by atoms with Gasteiger partial charge in [-0.25, -0.2) is 4.98 Å². The van der Waals surface area contributed by atoms with Crippen LogP contribution in [0.15, 0.2) is 72.8 Å². The third-order valence-electron chi connectivity index (χ3n) is 4.32. The van der Waals surface area contributed by atoms with E-state index < -0.39 is 0 Å². The molecule has 5 nitrogen and oxygen atoms in total. The number of carbonyl (C=O) groups excluding carboxylic acids is 2. The number of rotatable bonds is 6. The van der Waals surface area contributed by atoms with Crippen LogP contribution in [0.3, 0.4) is 0 Å². The fourth-order valence-electron chi connectivity index (χ4n) is 2.85. The largest absolute Gasteiger partial charge is 0.484 e. The second-order valence-electron chi connectivity index (χ2n) is 6.48.